The first kappa shape index (κ1) is 14.0. The van der Waals surface area contributed by atoms with Crippen molar-refractivity contribution in [3.8, 4) is 0 Å². The van der Waals surface area contributed by atoms with Gasteiger partial charge in [-0.3, -0.25) is 4.98 Å². The second-order valence-corrected chi connectivity index (χ2v) is 5.72. The Morgan fingerprint density at radius 3 is 2.82 bits per heavy atom. The molecule has 0 bridgehead atoms. The lowest BCUT2D eigenvalue weighted by Crippen LogP contribution is -2.31. The Morgan fingerprint density at radius 2 is 2.29 bits per heavy atom. The number of hydrogen-bond acceptors (Lipinski definition) is 5. The quantitative estimate of drug-likeness (QED) is 0.692. The van der Waals surface area contributed by atoms with E-state index in [1.807, 2.05) is 0 Å². The van der Waals surface area contributed by atoms with Crippen LogP contribution < -0.4 is 5.73 Å². The molecule has 0 aliphatic heterocycles. The Morgan fingerprint density at radius 1 is 1.65 bits per heavy atom. The van der Waals surface area contributed by atoms with Gasteiger partial charge in [0.15, 0.2) is 0 Å². The van der Waals surface area contributed by atoms with Gasteiger partial charge in [0.05, 0.1) is 6.61 Å². The number of pyridine rings is 1. The number of rotatable bonds is 5. The van der Waals surface area contributed by atoms with Gasteiger partial charge in [-0.1, -0.05) is 12.2 Å². The molecule has 0 aliphatic rings. The van der Waals surface area contributed by atoms with Crippen molar-refractivity contribution in [1.29, 1.82) is 0 Å². The molecular formula is C9H13N3O3S2. The van der Waals surface area contributed by atoms with Crippen LogP contribution in [0.4, 0.5) is 0 Å². The minimum atomic E-state index is -3.73. The number of nitrogens with two attached hydrogens (primary N) is 1. The third-order valence-corrected chi connectivity index (χ3v) is 4.19. The number of aliphatic hydroxyl groups is 1. The van der Waals surface area contributed by atoms with Crippen LogP contribution in [0, 0.1) is 0 Å². The molecule has 3 N–H and O–H groups in total. The average molecular weight is 275 g/mol. The lowest BCUT2D eigenvalue weighted by molar-refractivity contribution is 0.266. The predicted molar refractivity (Wildman–Crippen MR) is 67.0 cm³/mol. The van der Waals surface area contributed by atoms with Crippen LogP contribution in [0.5, 0.6) is 0 Å². The molecule has 1 aromatic heterocycles. The van der Waals surface area contributed by atoms with E-state index in [0.29, 0.717) is 0 Å². The number of sulfonamides is 1. The van der Waals surface area contributed by atoms with Crippen LogP contribution in [0.3, 0.4) is 0 Å². The summed E-state index contributed by atoms with van der Waals surface area (Å²) in [5, 5.41) is 8.75. The van der Waals surface area contributed by atoms with Crippen LogP contribution >= 0.6 is 12.2 Å². The summed E-state index contributed by atoms with van der Waals surface area (Å²) in [5.74, 6) is 0. The van der Waals surface area contributed by atoms with E-state index in [4.69, 9.17) is 23.1 Å². The molecule has 1 heterocycles. The highest BCUT2D eigenvalue weighted by atomic mass is 32.2. The Balaban J connectivity index is 3.29. The molecule has 94 valence electrons. The summed E-state index contributed by atoms with van der Waals surface area (Å²) in [5.41, 5.74) is 5.48. The molecule has 0 aliphatic carbocycles. The largest absolute Gasteiger partial charge is 0.395 e. The number of aliphatic hydroxyl groups excluding tert-OH is 1. The molecule has 0 aromatic carbocycles. The molecule has 6 nitrogen and oxygen atoms in total. The maximum Gasteiger partial charge on any atom is 0.245 e. The highest BCUT2D eigenvalue weighted by molar-refractivity contribution is 7.89. The maximum absolute atomic E-state index is 12.1. The van der Waals surface area contributed by atoms with Crippen LogP contribution in [-0.2, 0) is 10.0 Å². The van der Waals surface area contributed by atoms with E-state index >= 15 is 0 Å². The lowest BCUT2D eigenvalue weighted by Gasteiger charge is -2.17. The van der Waals surface area contributed by atoms with Gasteiger partial charge in [0, 0.05) is 19.8 Å². The van der Waals surface area contributed by atoms with E-state index in [-0.39, 0.29) is 28.7 Å². The topological polar surface area (TPSA) is 96.5 Å². The van der Waals surface area contributed by atoms with Crippen molar-refractivity contribution in [3.05, 3.63) is 24.0 Å². The van der Waals surface area contributed by atoms with Gasteiger partial charge in [-0.05, 0) is 12.1 Å². The first-order chi connectivity index (χ1) is 7.91. The van der Waals surface area contributed by atoms with Gasteiger partial charge in [0.2, 0.25) is 10.0 Å². The number of nitrogens with zero attached hydrogens (tertiary/aromatic N) is 2. The van der Waals surface area contributed by atoms with Crippen molar-refractivity contribution >= 4 is 27.2 Å². The molecule has 0 spiro atoms. The van der Waals surface area contributed by atoms with Crippen molar-refractivity contribution in [2.45, 2.75) is 4.90 Å². The Kier molecular flexibility index (Phi) is 4.52. The lowest BCUT2D eigenvalue weighted by atomic mass is 10.3. The highest BCUT2D eigenvalue weighted by Crippen LogP contribution is 2.17. The maximum atomic E-state index is 12.1. The van der Waals surface area contributed by atoms with E-state index in [2.05, 4.69) is 4.98 Å². The van der Waals surface area contributed by atoms with Crippen LogP contribution in [0.2, 0.25) is 0 Å². The fraction of sp³-hybridized carbons (Fsp3) is 0.333. The molecular weight excluding hydrogens is 262 g/mol. The fourth-order valence-electron chi connectivity index (χ4n) is 1.21. The first-order valence-electron chi connectivity index (χ1n) is 4.73. The molecule has 0 saturated heterocycles. The van der Waals surface area contributed by atoms with E-state index in [9.17, 15) is 8.42 Å². The predicted octanol–water partition coefficient (Wildman–Crippen LogP) is -0.671. The van der Waals surface area contributed by atoms with Crippen molar-refractivity contribution in [3.63, 3.8) is 0 Å². The van der Waals surface area contributed by atoms with Crippen molar-refractivity contribution in [2.75, 3.05) is 20.2 Å². The summed E-state index contributed by atoms with van der Waals surface area (Å²) in [6.07, 6.45) is 1.42. The van der Waals surface area contributed by atoms with E-state index < -0.39 is 10.0 Å². The summed E-state index contributed by atoms with van der Waals surface area (Å²) in [6.45, 7) is -0.271. The second kappa shape index (κ2) is 5.50. The summed E-state index contributed by atoms with van der Waals surface area (Å²) in [7, 11) is -2.37. The monoisotopic (exact) mass is 275 g/mol. The summed E-state index contributed by atoms with van der Waals surface area (Å²) in [4.78, 5) is 3.72. The van der Waals surface area contributed by atoms with Crippen molar-refractivity contribution in [1.82, 2.24) is 9.29 Å². The van der Waals surface area contributed by atoms with Gasteiger partial charge in [-0.15, -0.1) is 0 Å². The van der Waals surface area contributed by atoms with E-state index in [0.717, 1.165) is 4.31 Å². The second-order valence-electron chi connectivity index (χ2n) is 3.26. The number of aromatic nitrogens is 1. The molecule has 1 rings (SSSR count). The molecule has 0 fully saturated rings. The molecule has 0 unspecified atom stereocenters. The van der Waals surface area contributed by atoms with Crippen LogP contribution in [0.15, 0.2) is 23.2 Å². The average Bonchev–Trinajstić information content (AvgIpc) is 2.29. The SMILES string of the molecule is CN(CCO)S(=O)(=O)c1cccnc1C(N)=S. The summed E-state index contributed by atoms with van der Waals surface area (Å²) in [6, 6.07) is 2.87. The van der Waals surface area contributed by atoms with Gasteiger partial charge in [0.25, 0.3) is 0 Å². The number of likely N-dealkylation sites (N-methyl/N-ethyl adjacent to an activating group) is 1. The molecule has 17 heavy (non-hydrogen) atoms. The van der Waals surface area contributed by atoms with Crippen molar-refractivity contribution < 1.29 is 13.5 Å². The minimum Gasteiger partial charge on any atom is -0.395 e. The Hall–Kier alpha value is -1.09. The number of hydrogen-bond donors (Lipinski definition) is 2. The fourth-order valence-corrected chi connectivity index (χ4v) is 2.76. The third kappa shape index (κ3) is 2.97. The summed E-state index contributed by atoms with van der Waals surface area (Å²) >= 11 is 4.75. The van der Waals surface area contributed by atoms with E-state index in [1.54, 1.807) is 0 Å². The normalized spacial score (nSPS) is 11.7. The zero-order valence-electron chi connectivity index (χ0n) is 9.20. The zero-order chi connectivity index (χ0) is 13.1. The standard InChI is InChI=1S/C9H13N3O3S2/c1-12(5-6-13)17(14,15)7-3-2-4-11-8(7)9(10)16/h2-4,13H,5-6H2,1H3,(H2,10,16). The molecule has 0 radical (unpaired) electrons. The van der Waals surface area contributed by atoms with Crippen molar-refractivity contribution in [2.24, 2.45) is 5.73 Å². The third-order valence-electron chi connectivity index (χ3n) is 2.11. The van der Waals surface area contributed by atoms with Crippen LogP contribution in [0.1, 0.15) is 5.69 Å². The van der Waals surface area contributed by atoms with Gasteiger partial charge in [-0.2, -0.15) is 4.31 Å². The molecule has 0 saturated carbocycles. The van der Waals surface area contributed by atoms with Crippen LogP contribution in [-0.4, -0.2) is 48.0 Å². The zero-order valence-corrected chi connectivity index (χ0v) is 10.8. The molecule has 1 aromatic rings. The van der Waals surface area contributed by atoms with E-state index in [1.165, 1.54) is 25.4 Å². The Bertz CT molecular complexity index is 516. The van der Waals surface area contributed by atoms with Gasteiger partial charge in [-0.25, -0.2) is 8.42 Å². The van der Waals surface area contributed by atoms with Crippen LogP contribution in [0.25, 0.3) is 0 Å². The Labute approximate surface area is 105 Å². The minimum absolute atomic E-state index is 0.00595. The van der Waals surface area contributed by atoms with Gasteiger partial charge >= 0.3 is 0 Å². The first-order valence-corrected chi connectivity index (χ1v) is 6.58. The molecule has 0 atom stereocenters. The highest BCUT2D eigenvalue weighted by Gasteiger charge is 2.24. The molecule has 0 amide bonds. The summed E-state index contributed by atoms with van der Waals surface area (Å²) < 4.78 is 25.2. The smallest absolute Gasteiger partial charge is 0.245 e. The number of thiocarbonyl (C=S) groups is 1. The van der Waals surface area contributed by atoms with Gasteiger partial charge in [0.1, 0.15) is 15.6 Å². The van der Waals surface area contributed by atoms with Gasteiger partial charge < -0.3 is 10.8 Å². The molecule has 8 heteroatoms.